The van der Waals surface area contributed by atoms with E-state index < -0.39 is 0 Å². The van der Waals surface area contributed by atoms with Gasteiger partial charge in [0.25, 0.3) is 5.56 Å². The van der Waals surface area contributed by atoms with E-state index in [-0.39, 0.29) is 11.5 Å². The molecule has 6 nitrogen and oxygen atoms in total. The van der Waals surface area contributed by atoms with Crippen LogP contribution in [0.4, 0.5) is 5.69 Å². The number of nitrogens with zero attached hydrogens (tertiary/aromatic N) is 3. The lowest BCUT2D eigenvalue weighted by Crippen LogP contribution is -2.49. The molecule has 1 aromatic heterocycles. The summed E-state index contributed by atoms with van der Waals surface area (Å²) in [5.74, 6) is 0.677. The van der Waals surface area contributed by atoms with Crippen molar-refractivity contribution in [1.82, 2.24) is 14.9 Å². The van der Waals surface area contributed by atoms with Crippen LogP contribution in [0, 0.1) is 6.92 Å². The molecule has 144 valence electrons. The van der Waals surface area contributed by atoms with E-state index in [1.165, 1.54) is 11.3 Å². The van der Waals surface area contributed by atoms with Crippen molar-refractivity contribution in [2.75, 3.05) is 31.1 Å². The molecule has 1 amide bonds. The molecule has 28 heavy (non-hydrogen) atoms. The Morgan fingerprint density at radius 1 is 1.04 bits per heavy atom. The van der Waals surface area contributed by atoms with E-state index in [4.69, 9.17) is 0 Å². The van der Waals surface area contributed by atoms with Gasteiger partial charge in [0.05, 0.1) is 10.9 Å². The molecule has 1 N–H and O–H groups in total. The number of nitrogens with one attached hydrogen (secondary N) is 1. The van der Waals surface area contributed by atoms with Gasteiger partial charge in [0, 0.05) is 44.7 Å². The number of carbonyl (C=O) groups excluding carboxylic acids is 1. The third-order valence-corrected chi connectivity index (χ3v) is 5.33. The van der Waals surface area contributed by atoms with Crippen LogP contribution in [0.25, 0.3) is 10.9 Å². The SMILES string of the molecule is Cc1ccccc1N1CCN(C(=O)CCc2nc3ccccc3c(=O)[nH]2)CC1. The number of fused-ring (bicyclic) bond motifs is 1. The number of carbonyl (C=O) groups is 1. The van der Waals surface area contributed by atoms with Crippen LogP contribution in [-0.2, 0) is 11.2 Å². The molecule has 1 aliphatic heterocycles. The fraction of sp³-hybridized carbons (Fsp3) is 0.318. The van der Waals surface area contributed by atoms with Crippen molar-refractivity contribution in [2.24, 2.45) is 0 Å². The van der Waals surface area contributed by atoms with Crippen molar-refractivity contribution in [3.8, 4) is 0 Å². The first-order valence-corrected chi connectivity index (χ1v) is 9.68. The van der Waals surface area contributed by atoms with Crippen molar-refractivity contribution in [1.29, 1.82) is 0 Å². The van der Waals surface area contributed by atoms with Crippen LogP contribution >= 0.6 is 0 Å². The number of hydrogen-bond acceptors (Lipinski definition) is 4. The van der Waals surface area contributed by atoms with Gasteiger partial charge in [-0.2, -0.15) is 0 Å². The zero-order chi connectivity index (χ0) is 19.5. The standard InChI is InChI=1S/C22H24N4O2/c1-16-6-2-5-9-19(16)25-12-14-26(15-13-25)21(27)11-10-20-23-18-8-4-3-7-17(18)22(28)24-20/h2-9H,10-15H2,1H3,(H,23,24,28). The second-order valence-electron chi connectivity index (χ2n) is 7.18. The van der Waals surface area contributed by atoms with Crippen molar-refractivity contribution in [3.63, 3.8) is 0 Å². The summed E-state index contributed by atoms with van der Waals surface area (Å²) in [7, 11) is 0. The van der Waals surface area contributed by atoms with E-state index in [0.29, 0.717) is 29.6 Å². The highest BCUT2D eigenvalue weighted by molar-refractivity contribution is 5.78. The number of amides is 1. The number of H-pyrrole nitrogens is 1. The number of aromatic nitrogens is 2. The number of piperazine rings is 1. The van der Waals surface area contributed by atoms with Gasteiger partial charge in [-0.1, -0.05) is 30.3 Å². The minimum Gasteiger partial charge on any atom is -0.368 e. The molecule has 1 saturated heterocycles. The summed E-state index contributed by atoms with van der Waals surface area (Å²) in [5.41, 5.74) is 3.02. The van der Waals surface area contributed by atoms with Crippen LogP contribution in [0.2, 0.25) is 0 Å². The molecule has 0 atom stereocenters. The number of aromatic amines is 1. The maximum absolute atomic E-state index is 12.6. The van der Waals surface area contributed by atoms with E-state index in [1.54, 1.807) is 6.07 Å². The Bertz CT molecular complexity index is 1050. The summed E-state index contributed by atoms with van der Waals surface area (Å²) in [6.07, 6.45) is 0.794. The summed E-state index contributed by atoms with van der Waals surface area (Å²) in [6, 6.07) is 15.6. The summed E-state index contributed by atoms with van der Waals surface area (Å²) >= 11 is 0. The highest BCUT2D eigenvalue weighted by Crippen LogP contribution is 2.21. The molecule has 6 heteroatoms. The van der Waals surface area contributed by atoms with Crippen LogP contribution in [-0.4, -0.2) is 47.0 Å². The molecule has 0 aliphatic carbocycles. The molecule has 0 bridgehead atoms. The summed E-state index contributed by atoms with van der Waals surface area (Å²) in [4.78, 5) is 36.3. The monoisotopic (exact) mass is 376 g/mol. The van der Waals surface area contributed by atoms with Crippen molar-refractivity contribution in [2.45, 2.75) is 19.8 Å². The Kier molecular flexibility index (Phi) is 5.10. The predicted molar refractivity (Wildman–Crippen MR) is 111 cm³/mol. The lowest BCUT2D eigenvalue weighted by Gasteiger charge is -2.36. The Balaban J connectivity index is 1.35. The van der Waals surface area contributed by atoms with Gasteiger partial charge in [0.2, 0.25) is 5.91 Å². The van der Waals surface area contributed by atoms with Crippen LogP contribution in [0.5, 0.6) is 0 Å². The molecule has 0 spiro atoms. The van der Waals surface area contributed by atoms with Crippen LogP contribution < -0.4 is 10.5 Å². The van der Waals surface area contributed by atoms with Crippen LogP contribution in [0.3, 0.4) is 0 Å². The normalized spacial score (nSPS) is 14.5. The van der Waals surface area contributed by atoms with Crippen molar-refractivity contribution in [3.05, 3.63) is 70.3 Å². The first-order valence-electron chi connectivity index (χ1n) is 9.68. The Hall–Kier alpha value is -3.15. The summed E-state index contributed by atoms with van der Waals surface area (Å²) in [5, 5.41) is 0.574. The quantitative estimate of drug-likeness (QED) is 0.760. The van der Waals surface area contributed by atoms with E-state index >= 15 is 0 Å². The minimum absolute atomic E-state index is 0.111. The zero-order valence-electron chi connectivity index (χ0n) is 16.0. The maximum Gasteiger partial charge on any atom is 0.258 e. The van der Waals surface area contributed by atoms with Gasteiger partial charge in [-0.05, 0) is 30.7 Å². The number of anilines is 1. The summed E-state index contributed by atoms with van der Waals surface area (Å²) in [6.45, 7) is 5.22. The predicted octanol–water partition coefficient (Wildman–Crippen LogP) is 2.51. The van der Waals surface area contributed by atoms with Crippen LogP contribution in [0.1, 0.15) is 17.8 Å². The zero-order valence-corrected chi connectivity index (χ0v) is 16.0. The highest BCUT2D eigenvalue weighted by Gasteiger charge is 2.22. The number of benzene rings is 2. The third kappa shape index (κ3) is 3.76. The van der Waals surface area contributed by atoms with Gasteiger partial charge in [0.1, 0.15) is 5.82 Å². The van der Waals surface area contributed by atoms with E-state index in [9.17, 15) is 9.59 Å². The summed E-state index contributed by atoms with van der Waals surface area (Å²) < 4.78 is 0. The van der Waals surface area contributed by atoms with Crippen molar-refractivity contribution < 1.29 is 4.79 Å². The highest BCUT2D eigenvalue weighted by atomic mass is 16.2. The van der Waals surface area contributed by atoms with Gasteiger partial charge in [-0.25, -0.2) is 4.98 Å². The molecule has 0 radical (unpaired) electrons. The molecule has 2 heterocycles. The Morgan fingerprint density at radius 3 is 2.54 bits per heavy atom. The Morgan fingerprint density at radius 2 is 1.75 bits per heavy atom. The number of para-hydroxylation sites is 2. The molecule has 3 aromatic rings. The van der Waals surface area contributed by atoms with Gasteiger partial charge < -0.3 is 14.8 Å². The lowest BCUT2D eigenvalue weighted by atomic mass is 10.1. The Labute approximate surface area is 163 Å². The largest absolute Gasteiger partial charge is 0.368 e. The van der Waals surface area contributed by atoms with Crippen molar-refractivity contribution >= 4 is 22.5 Å². The minimum atomic E-state index is -0.153. The molecule has 0 saturated carbocycles. The van der Waals surface area contributed by atoms with Gasteiger partial charge in [-0.3, -0.25) is 9.59 Å². The lowest BCUT2D eigenvalue weighted by molar-refractivity contribution is -0.131. The average molecular weight is 376 g/mol. The van der Waals surface area contributed by atoms with E-state index in [0.717, 1.165) is 26.2 Å². The molecule has 2 aromatic carbocycles. The van der Waals surface area contributed by atoms with E-state index in [1.807, 2.05) is 29.2 Å². The van der Waals surface area contributed by atoms with E-state index in [2.05, 4.69) is 40.0 Å². The fourth-order valence-electron chi connectivity index (χ4n) is 3.75. The first-order chi connectivity index (χ1) is 13.6. The molecule has 0 unspecified atom stereocenters. The molecule has 4 rings (SSSR count). The van der Waals surface area contributed by atoms with Gasteiger partial charge >= 0.3 is 0 Å². The molecular formula is C22H24N4O2. The first kappa shape index (κ1) is 18.2. The third-order valence-electron chi connectivity index (χ3n) is 5.33. The molecule has 1 fully saturated rings. The number of hydrogen-bond donors (Lipinski definition) is 1. The average Bonchev–Trinajstić information content (AvgIpc) is 2.73. The molecular weight excluding hydrogens is 352 g/mol. The van der Waals surface area contributed by atoms with Crippen LogP contribution in [0.15, 0.2) is 53.3 Å². The molecule has 1 aliphatic rings. The van der Waals surface area contributed by atoms with Gasteiger partial charge in [-0.15, -0.1) is 0 Å². The van der Waals surface area contributed by atoms with Gasteiger partial charge in [0.15, 0.2) is 0 Å². The second kappa shape index (κ2) is 7.84. The second-order valence-corrected chi connectivity index (χ2v) is 7.18. The maximum atomic E-state index is 12.6. The number of aryl methyl sites for hydroxylation is 2. The fourth-order valence-corrected chi connectivity index (χ4v) is 3.75. The number of rotatable bonds is 4. The topological polar surface area (TPSA) is 69.3 Å². The smallest absolute Gasteiger partial charge is 0.258 e.